The predicted molar refractivity (Wildman–Crippen MR) is 264 cm³/mol. The summed E-state index contributed by atoms with van der Waals surface area (Å²) in [5.41, 5.74) is 15.4. The molecule has 0 spiro atoms. The molecular formula is C58H39N5. The molecular weight excluding hydrogens is 767 g/mol. The number of hydrogen-bond acceptors (Lipinski definition) is 0. The maximum Gasteiger partial charge on any atom is 0.131 e. The first kappa shape index (κ1) is 34.4. The van der Waals surface area contributed by atoms with Crippen molar-refractivity contribution in [1.82, 2.24) is 22.8 Å². The van der Waals surface area contributed by atoms with E-state index in [2.05, 4.69) is 235 Å². The summed E-state index contributed by atoms with van der Waals surface area (Å²) in [5.74, 6) is 0. The zero-order valence-corrected chi connectivity index (χ0v) is 34.4. The molecule has 1 aliphatic carbocycles. The van der Waals surface area contributed by atoms with Crippen molar-refractivity contribution in [3.63, 3.8) is 0 Å². The van der Waals surface area contributed by atoms with Crippen LogP contribution in [0.4, 0.5) is 0 Å². The van der Waals surface area contributed by atoms with E-state index in [4.69, 9.17) is 0 Å². The van der Waals surface area contributed by atoms with Crippen molar-refractivity contribution in [2.75, 3.05) is 0 Å². The fourth-order valence-electron chi connectivity index (χ4n) is 11.0. The Labute approximate surface area is 362 Å². The number of hydrogen-bond donors (Lipinski definition) is 0. The van der Waals surface area contributed by atoms with Gasteiger partial charge in [-0.1, -0.05) is 133 Å². The van der Waals surface area contributed by atoms with E-state index in [9.17, 15) is 0 Å². The zero-order valence-electron chi connectivity index (χ0n) is 34.4. The SMILES string of the molecule is C1=CCCC(n2c3cc(-n4c5ccccc5c5c6ccccc6n(-c6ccc7c8ccccc8n(-c8ccccc8)c7c6)c54)ccc3c3c4ccccc4n(-c4ccccc4)c32)=C1. The van der Waals surface area contributed by atoms with Gasteiger partial charge in [0.05, 0.1) is 33.1 Å². The van der Waals surface area contributed by atoms with Crippen molar-refractivity contribution in [3.05, 3.63) is 212 Å². The molecule has 63 heavy (non-hydrogen) atoms. The zero-order chi connectivity index (χ0) is 41.2. The van der Waals surface area contributed by atoms with Gasteiger partial charge in [0.25, 0.3) is 0 Å². The Hall–Kier alpha value is -8.28. The minimum absolute atomic E-state index is 0.961. The Morgan fingerprint density at radius 1 is 0.302 bits per heavy atom. The molecule has 0 unspecified atom stereocenters. The fraction of sp³-hybridized carbons (Fsp3) is 0.0345. The Morgan fingerprint density at radius 3 is 1.24 bits per heavy atom. The Balaban J connectivity index is 1.11. The van der Waals surface area contributed by atoms with Crippen LogP contribution in [0.25, 0.3) is 116 Å². The summed E-state index contributed by atoms with van der Waals surface area (Å²) in [6, 6.07) is 71.4. The number of nitrogens with zero attached hydrogens (tertiary/aromatic N) is 5. The van der Waals surface area contributed by atoms with Gasteiger partial charge >= 0.3 is 0 Å². The van der Waals surface area contributed by atoms with Crippen LogP contribution in [0.15, 0.2) is 212 Å². The summed E-state index contributed by atoms with van der Waals surface area (Å²) in [5, 5.41) is 10.0. The number of para-hydroxylation sites is 6. The van der Waals surface area contributed by atoms with Crippen LogP contribution in [0, 0.1) is 0 Å². The third-order valence-electron chi connectivity index (χ3n) is 13.5. The Morgan fingerprint density at radius 2 is 0.698 bits per heavy atom. The highest BCUT2D eigenvalue weighted by molar-refractivity contribution is 6.25. The van der Waals surface area contributed by atoms with Gasteiger partial charge < -0.3 is 4.57 Å². The molecule has 0 amide bonds. The number of rotatable bonds is 5. The lowest BCUT2D eigenvalue weighted by atomic mass is 10.1. The van der Waals surface area contributed by atoms with Crippen molar-refractivity contribution < 1.29 is 0 Å². The van der Waals surface area contributed by atoms with Crippen LogP contribution in [0.3, 0.4) is 0 Å². The minimum atomic E-state index is 0.961. The van der Waals surface area contributed by atoms with Crippen LogP contribution in [-0.2, 0) is 0 Å². The molecule has 5 aromatic heterocycles. The van der Waals surface area contributed by atoms with Gasteiger partial charge in [0.2, 0.25) is 0 Å². The lowest BCUT2D eigenvalue weighted by Crippen LogP contribution is -2.05. The second kappa shape index (κ2) is 13.1. The molecule has 0 aliphatic heterocycles. The standard InChI is InChI=1S/C58H39N5/c1-4-18-38(19-5-1)59-49-28-14-10-24-43(49)44-34-32-41(36-53(44)59)62-51-30-16-12-26-46(51)55-47-27-13-17-31-52(47)63(58(55)62)42-33-35-48-54(37-42)61(40-22-8-3-9-23-40)57-56(48)45-25-11-15-29-50(45)60(57)39-20-6-2-7-21-39/h1-8,10-22,24-37H,9,23H2. The first-order valence-electron chi connectivity index (χ1n) is 21.9. The van der Waals surface area contributed by atoms with E-state index < -0.39 is 0 Å². The molecule has 0 saturated heterocycles. The van der Waals surface area contributed by atoms with Gasteiger partial charge in [-0.25, -0.2) is 0 Å². The number of benzene rings is 8. The van der Waals surface area contributed by atoms with Gasteiger partial charge in [0.1, 0.15) is 11.3 Å². The van der Waals surface area contributed by atoms with Crippen LogP contribution in [-0.4, -0.2) is 22.8 Å². The molecule has 14 rings (SSSR count). The third-order valence-corrected chi connectivity index (χ3v) is 13.5. The maximum atomic E-state index is 2.55. The largest absolute Gasteiger partial charge is 0.309 e. The van der Waals surface area contributed by atoms with Crippen molar-refractivity contribution >= 4 is 93.2 Å². The molecule has 0 N–H and O–H groups in total. The number of allylic oxidation sites excluding steroid dienone is 4. The van der Waals surface area contributed by atoms with Crippen molar-refractivity contribution in [2.24, 2.45) is 0 Å². The van der Waals surface area contributed by atoms with Crippen LogP contribution < -0.4 is 0 Å². The van der Waals surface area contributed by atoms with E-state index in [1.807, 2.05) is 0 Å². The van der Waals surface area contributed by atoms with Gasteiger partial charge in [0, 0.05) is 71.5 Å². The monoisotopic (exact) mass is 805 g/mol. The molecule has 0 bridgehead atoms. The van der Waals surface area contributed by atoms with E-state index in [-0.39, 0.29) is 0 Å². The predicted octanol–water partition coefficient (Wildman–Crippen LogP) is 15.1. The molecule has 5 nitrogen and oxygen atoms in total. The van der Waals surface area contributed by atoms with E-state index in [1.54, 1.807) is 0 Å². The molecule has 8 aromatic carbocycles. The molecule has 1 aliphatic rings. The lowest BCUT2D eigenvalue weighted by molar-refractivity contribution is 0.960. The summed E-state index contributed by atoms with van der Waals surface area (Å²) < 4.78 is 12.5. The van der Waals surface area contributed by atoms with Crippen LogP contribution in [0.2, 0.25) is 0 Å². The van der Waals surface area contributed by atoms with E-state index in [0.29, 0.717) is 0 Å². The highest BCUT2D eigenvalue weighted by Crippen LogP contribution is 2.45. The van der Waals surface area contributed by atoms with Crippen LogP contribution in [0.5, 0.6) is 0 Å². The van der Waals surface area contributed by atoms with E-state index >= 15 is 0 Å². The van der Waals surface area contributed by atoms with Crippen LogP contribution >= 0.6 is 0 Å². The first-order chi connectivity index (χ1) is 31.3. The number of fused-ring (bicyclic) bond motifs is 13. The minimum Gasteiger partial charge on any atom is -0.309 e. The van der Waals surface area contributed by atoms with Gasteiger partial charge in [-0.3, -0.25) is 18.3 Å². The highest BCUT2D eigenvalue weighted by atomic mass is 15.2. The third kappa shape index (κ3) is 4.76. The molecule has 5 heteroatoms. The fourth-order valence-corrected chi connectivity index (χ4v) is 11.0. The highest BCUT2D eigenvalue weighted by Gasteiger charge is 2.26. The average molecular weight is 806 g/mol. The lowest BCUT2D eigenvalue weighted by Gasteiger charge is -2.17. The molecule has 0 saturated carbocycles. The molecule has 296 valence electrons. The van der Waals surface area contributed by atoms with Crippen molar-refractivity contribution in [2.45, 2.75) is 12.8 Å². The molecule has 13 aromatic rings. The van der Waals surface area contributed by atoms with Gasteiger partial charge in [-0.2, -0.15) is 0 Å². The van der Waals surface area contributed by atoms with Crippen LogP contribution in [0.1, 0.15) is 12.8 Å². The van der Waals surface area contributed by atoms with E-state index in [0.717, 1.165) is 41.2 Å². The van der Waals surface area contributed by atoms with Crippen molar-refractivity contribution in [1.29, 1.82) is 0 Å². The second-order valence-electron chi connectivity index (χ2n) is 16.8. The average Bonchev–Trinajstić information content (AvgIpc) is 4.13. The molecule has 0 atom stereocenters. The Kier molecular flexibility index (Phi) is 7.17. The summed E-state index contributed by atoms with van der Waals surface area (Å²) in [7, 11) is 0. The topological polar surface area (TPSA) is 24.6 Å². The Bertz CT molecular complexity index is 4070. The summed E-state index contributed by atoms with van der Waals surface area (Å²) in [6.45, 7) is 0. The normalized spacial score (nSPS) is 13.3. The number of aromatic nitrogens is 5. The molecule has 0 radical (unpaired) electrons. The van der Waals surface area contributed by atoms with Gasteiger partial charge in [-0.15, -0.1) is 0 Å². The molecule has 5 heterocycles. The smallest absolute Gasteiger partial charge is 0.131 e. The first-order valence-corrected chi connectivity index (χ1v) is 21.9. The van der Waals surface area contributed by atoms with Gasteiger partial charge in [-0.05, 0) is 91.7 Å². The van der Waals surface area contributed by atoms with Crippen molar-refractivity contribution in [3.8, 4) is 22.7 Å². The summed E-state index contributed by atoms with van der Waals surface area (Å²) in [6.07, 6.45) is 8.79. The summed E-state index contributed by atoms with van der Waals surface area (Å²) >= 11 is 0. The maximum absolute atomic E-state index is 2.55. The van der Waals surface area contributed by atoms with E-state index in [1.165, 1.54) is 87.5 Å². The second-order valence-corrected chi connectivity index (χ2v) is 16.8. The quantitative estimate of drug-likeness (QED) is 0.166. The molecule has 0 fully saturated rings. The summed E-state index contributed by atoms with van der Waals surface area (Å²) in [4.78, 5) is 0. The van der Waals surface area contributed by atoms with Gasteiger partial charge in [0.15, 0.2) is 0 Å².